The highest BCUT2D eigenvalue weighted by Gasteiger charge is 2.33. The largest absolute Gasteiger partial charge is 0.485 e. The summed E-state index contributed by atoms with van der Waals surface area (Å²) >= 11 is 0. The second-order valence-electron chi connectivity index (χ2n) is 12.9. The molecule has 0 radical (unpaired) electrons. The number of hydrogen-bond donors (Lipinski definition) is 0. The minimum Gasteiger partial charge on any atom is -0.485 e. The third kappa shape index (κ3) is 4.58. The van der Waals surface area contributed by atoms with Gasteiger partial charge in [-0.3, -0.25) is 9.97 Å². The number of benzene rings is 6. The summed E-state index contributed by atoms with van der Waals surface area (Å²) in [6.45, 7) is 0. The lowest BCUT2D eigenvalue weighted by atomic mass is 9.85. The van der Waals surface area contributed by atoms with Gasteiger partial charge in [0.2, 0.25) is 0 Å². The number of ether oxygens (including phenoxy) is 1. The van der Waals surface area contributed by atoms with Gasteiger partial charge in [0, 0.05) is 41.2 Å². The Kier molecular flexibility index (Phi) is 6.31. The van der Waals surface area contributed by atoms with Gasteiger partial charge in [-0.05, 0) is 108 Å². The van der Waals surface area contributed by atoms with E-state index < -0.39 is 0 Å². The first-order chi connectivity index (χ1) is 24.3. The normalized spacial score (nSPS) is 15.8. The van der Waals surface area contributed by atoms with Crippen LogP contribution in [0.25, 0.3) is 78.3 Å². The summed E-state index contributed by atoms with van der Waals surface area (Å²) in [7, 11) is 0. The van der Waals surface area contributed by atoms with Gasteiger partial charge >= 0.3 is 0 Å². The fourth-order valence-electron chi connectivity index (χ4n) is 7.82. The predicted molar refractivity (Wildman–Crippen MR) is 201 cm³/mol. The molecule has 3 nitrogen and oxygen atoms in total. The SMILES string of the molecule is C1=c2ccccc2=CC2c3cc(-c4ccc(-c5c6ccccc6c(-c6ccccc6)c6cc(-c7ccncc7)ccc56)cn4)ccc3OC12. The number of pyridine rings is 2. The van der Waals surface area contributed by atoms with Gasteiger partial charge in [-0.1, -0.05) is 103 Å². The Bertz CT molecular complexity index is 2680. The molecular weight excluding hydrogens is 597 g/mol. The number of aromatic nitrogens is 2. The van der Waals surface area contributed by atoms with Crippen LogP contribution in [-0.2, 0) is 0 Å². The lowest BCUT2D eigenvalue weighted by Gasteiger charge is -2.18. The highest BCUT2D eigenvalue weighted by atomic mass is 16.5. The first-order valence-electron chi connectivity index (χ1n) is 16.8. The standard InChI is InChI=1S/C46H30N2O/c1-2-8-30(9-3-1)45-36-12-6-7-13-37(36)46(38-17-14-33(25-41(38)45)29-20-22-47-23-21-29)35-15-18-42(48-28-35)34-16-19-43-39(26-34)40-24-31-10-4-5-11-32(31)27-44(40)49-43/h1-28,40,44H. The van der Waals surface area contributed by atoms with Crippen LogP contribution in [0.15, 0.2) is 158 Å². The van der Waals surface area contributed by atoms with Crippen molar-refractivity contribution in [3.05, 3.63) is 174 Å². The Morgan fingerprint density at radius 3 is 1.92 bits per heavy atom. The van der Waals surface area contributed by atoms with E-state index in [9.17, 15) is 0 Å². The van der Waals surface area contributed by atoms with Crippen molar-refractivity contribution in [3.63, 3.8) is 0 Å². The molecule has 1 aliphatic heterocycles. The molecule has 0 fully saturated rings. The van der Waals surface area contributed by atoms with Gasteiger partial charge in [-0.25, -0.2) is 0 Å². The maximum absolute atomic E-state index is 6.39. The molecule has 1 aliphatic carbocycles. The molecule has 0 spiro atoms. The zero-order valence-corrected chi connectivity index (χ0v) is 26.6. The van der Waals surface area contributed by atoms with Crippen LogP contribution < -0.4 is 15.2 Å². The summed E-state index contributed by atoms with van der Waals surface area (Å²) in [6.07, 6.45) is 10.4. The van der Waals surface area contributed by atoms with E-state index >= 15 is 0 Å². The molecule has 0 saturated heterocycles. The third-order valence-electron chi connectivity index (χ3n) is 10.1. The molecule has 0 saturated carbocycles. The van der Waals surface area contributed by atoms with Crippen LogP contribution in [0.2, 0.25) is 0 Å². The highest BCUT2D eigenvalue weighted by molar-refractivity contribution is 6.21. The molecule has 3 heteroatoms. The number of nitrogens with zero attached hydrogens (tertiary/aromatic N) is 2. The average Bonchev–Trinajstić information content (AvgIpc) is 3.53. The Balaban J connectivity index is 1.11. The molecule has 2 atom stereocenters. The first-order valence-corrected chi connectivity index (χ1v) is 16.8. The third-order valence-corrected chi connectivity index (χ3v) is 10.1. The van der Waals surface area contributed by atoms with E-state index in [-0.39, 0.29) is 12.0 Å². The van der Waals surface area contributed by atoms with E-state index in [1.54, 1.807) is 0 Å². The molecule has 0 N–H and O–H groups in total. The molecule has 2 aromatic heterocycles. The van der Waals surface area contributed by atoms with Crippen molar-refractivity contribution in [3.8, 4) is 50.4 Å². The lowest BCUT2D eigenvalue weighted by Crippen LogP contribution is -2.34. The van der Waals surface area contributed by atoms with E-state index in [0.29, 0.717) is 0 Å². The first kappa shape index (κ1) is 27.8. The molecule has 6 aromatic carbocycles. The monoisotopic (exact) mass is 626 g/mol. The molecule has 3 heterocycles. The Morgan fingerprint density at radius 1 is 0.469 bits per heavy atom. The molecule has 0 bridgehead atoms. The van der Waals surface area contributed by atoms with Crippen molar-refractivity contribution in [2.75, 3.05) is 0 Å². The summed E-state index contributed by atoms with van der Waals surface area (Å²) in [5.74, 6) is 1.15. The van der Waals surface area contributed by atoms with Crippen molar-refractivity contribution in [2.24, 2.45) is 0 Å². The molecule has 2 aliphatic rings. The predicted octanol–water partition coefficient (Wildman–Crippen LogP) is 9.57. The molecule has 8 aromatic rings. The summed E-state index contributed by atoms with van der Waals surface area (Å²) < 4.78 is 6.39. The summed E-state index contributed by atoms with van der Waals surface area (Å²) in [6, 6.07) is 49.9. The molecular formula is C46H30N2O. The Hall–Kier alpha value is -6.32. The van der Waals surface area contributed by atoms with Gasteiger partial charge in [-0.15, -0.1) is 0 Å². The smallest absolute Gasteiger partial charge is 0.128 e. The van der Waals surface area contributed by atoms with Crippen molar-refractivity contribution in [1.29, 1.82) is 0 Å². The van der Waals surface area contributed by atoms with Gasteiger partial charge in [0.1, 0.15) is 11.9 Å². The van der Waals surface area contributed by atoms with Crippen molar-refractivity contribution < 1.29 is 4.74 Å². The minimum atomic E-state index is 0.0231. The molecule has 49 heavy (non-hydrogen) atoms. The zero-order chi connectivity index (χ0) is 32.3. The fourth-order valence-corrected chi connectivity index (χ4v) is 7.82. The second kappa shape index (κ2) is 11.1. The van der Waals surface area contributed by atoms with E-state index in [1.165, 1.54) is 59.8 Å². The van der Waals surface area contributed by atoms with Gasteiger partial charge in [0.05, 0.1) is 5.69 Å². The van der Waals surface area contributed by atoms with Gasteiger partial charge in [0.15, 0.2) is 0 Å². The quantitative estimate of drug-likeness (QED) is 0.183. The summed E-state index contributed by atoms with van der Waals surface area (Å²) in [4.78, 5) is 9.33. The maximum atomic E-state index is 6.39. The summed E-state index contributed by atoms with van der Waals surface area (Å²) in [5.41, 5.74) is 10.3. The van der Waals surface area contributed by atoms with E-state index in [2.05, 4.69) is 157 Å². The van der Waals surface area contributed by atoms with Gasteiger partial charge in [-0.2, -0.15) is 0 Å². The second-order valence-corrected chi connectivity index (χ2v) is 12.9. The van der Waals surface area contributed by atoms with E-state index in [1.807, 2.05) is 18.6 Å². The highest BCUT2D eigenvalue weighted by Crippen LogP contribution is 2.46. The fraction of sp³-hybridized carbons (Fsp3) is 0.0435. The van der Waals surface area contributed by atoms with Crippen LogP contribution in [0.3, 0.4) is 0 Å². The number of fused-ring (bicyclic) bond motifs is 6. The van der Waals surface area contributed by atoms with Crippen LogP contribution in [0.5, 0.6) is 5.75 Å². The van der Waals surface area contributed by atoms with Crippen molar-refractivity contribution in [1.82, 2.24) is 9.97 Å². The van der Waals surface area contributed by atoms with Gasteiger partial charge < -0.3 is 4.74 Å². The van der Waals surface area contributed by atoms with Crippen LogP contribution in [-0.4, -0.2) is 16.1 Å². The number of rotatable bonds is 4. The molecule has 2 unspecified atom stereocenters. The van der Waals surface area contributed by atoms with Crippen LogP contribution in [0.4, 0.5) is 0 Å². The molecule has 10 rings (SSSR count). The van der Waals surface area contributed by atoms with Crippen molar-refractivity contribution in [2.45, 2.75) is 12.0 Å². The zero-order valence-electron chi connectivity index (χ0n) is 26.6. The lowest BCUT2D eigenvalue weighted by molar-refractivity contribution is 0.288. The minimum absolute atomic E-state index is 0.0231. The topological polar surface area (TPSA) is 35.0 Å². The van der Waals surface area contributed by atoms with Crippen LogP contribution >= 0.6 is 0 Å². The van der Waals surface area contributed by atoms with Crippen LogP contribution in [0.1, 0.15) is 11.5 Å². The summed E-state index contributed by atoms with van der Waals surface area (Å²) in [5, 5.41) is 7.36. The van der Waals surface area contributed by atoms with Crippen molar-refractivity contribution >= 4 is 33.7 Å². The average molecular weight is 627 g/mol. The Labute approximate surface area is 284 Å². The Morgan fingerprint density at radius 2 is 1.14 bits per heavy atom. The van der Waals surface area contributed by atoms with Gasteiger partial charge in [0.25, 0.3) is 0 Å². The maximum Gasteiger partial charge on any atom is 0.128 e. The molecule has 230 valence electrons. The number of hydrogen-bond acceptors (Lipinski definition) is 3. The van der Waals surface area contributed by atoms with Crippen LogP contribution in [0, 0.1) is 0 Å². The van der Waals surface area contributed by atoms with E-state index in [0.717, 1.165) is 28.1 Å². The van der Waals surface area contributed by atoms with E-state index in [4.69, 9.17) is 9.72 Å². The molecule has 0 amide bonds.